The third kappa shape index (κ3) is 10.8. The number of hydrogen-bond acceptors (Lipinski definition) is 3. The van der Waals surface area contributed by atoms with Gasteiger partial charge in [0.15, 0.2) is 8.07 Å². The van der Waals surface area contributed by atoms with E-state index in [0.29, 0.717) is 56.2 Å². The number of fused-ring (bicyclic) bond motifs is 14. The van der Waals surface area contributed by atoms with Gasteiger partial charge in [0.25, 0.3) is 6.33 Å². The summed E-state index contributed by atoms with van der Waals surface area (Å²) < 4.78 is 206. The number of furan rings is 1. The molecule has 0 amide bonds. The second-order valence-electron chi connectivity index (χ2n) is 31.7. The topological polar surface area (TPSA) is 49.0 Å². The van der Waals surface area contributed by atoms with Crippen molar-refractivity contribution < 1.29 is 39.8 Å². The summed E-state index contributed by atoms with van der Waals surface area (Å²) in [6, 6.07) is 40.9. The summed E-state index contributed by atoms with van der Waals surface area (Å²) in [5, 5.41) is 0.0229. The van der Waals surface area contributed by atoms with Gasteiger partial charge in [0.05, 0.1) is 59.5 Å². The van der Waals surface area contributed by atoms with Gasteiger partial charge >= 0.3 is 0 Å². The van der Waals surface area contributed by atoms with Gasteiger partial charge in [-0.3, -0.25) is 13.7 Å². The second kappa shape index (κ2) is 24.6. The van der Waals surface area contributed by atoms with Crippen LogP contribution in [0.3, 0.4) is 0 Å². The molecule has 4 aromatic heterocycles. The lowest BCUT2D eigenvalue weighted by molar-refractivity contribution is -0.570. The molecule has 0 spiro atoms. The van der Waals surface area contributed by atoms with Crippen molar-refractivity contribution in [3.63, 3.8) is 0 Å². The quantitative estimate of drug-likeness (QED) is 0.0593. The normalized spacial score (nSPS) is 16.4. The van der Waals surface area contributed by atoms with Gasteiger partial charge in [-0.2, -0.15) is 0 Å². The fourth-order valence-corrected chi connectivity index (χ4v) is 20.0. The summed E-state index contributed by atoms with van der Waals surface area (Å²) in [5.74, 6) is 1.60. The van der Waals surface area contributed by atoms with E-state index in [1.54, 1.807) is 12.1 Å². The monoisotopic (exact) mass is 1420 g/mol. The Labute approximate surface area is 654 Å². The number of nitrogens with zero attached hydrogens (tertiary/aromatic N) is 4. The number of pyridine rings is 1. The molecular formula is C100H84N4O2Si. The zero-order chi connectivity index (χ0) is 89.4. The maximum atomic E-state index is 11.3. The molecule has 0 unspecified atom stereocenters. The minimum atomic E-state index is -6.34. The largest absolute Gasteiger partial charge is 0.458 e. The van der Waals surface area contributed by atoms with Gasteiger partial charge in [0.2, 0.25) is 0 Å². The molecule has 1 aliphatic carbocycles. The highest BCUT2D eigenvalue weighted by atomic mass is 28.3. The standard InChI is InChI=1S/C100H84N4O2Si/c1-97(2,3)67-48-51-101-94(58-67)104-89-42-24-22-40-78(89)79-46-45-71(60-90(79)104)105-70-30-27-29-69(59-70)102-63-103-95-81(65-44-47-93-84(53-65)80-41-23-25-43-92(80)106-93)56-68(98(4,5)6)57-86(95)83-62-88-87(99(7,8)49-50-100(88,9)10)61-82(83)76-38-20-21-39-77(76)85-54-66(55-91(102)96(85)103)64-28-26-37-75(52-64)107(72-31-14-11-15-32-72,73-33-16-12-17-34-73)74-35-18-13-19-36-74/h11-48,51-62H,49-50H2,1-10H3/i11D,12D,13D,14D,15D,16D,17D,18D,19D,26D,28D,31D,32D,33D,34D,35D,36D,37D,52D. The minimum Gasteiger partial charge on any atom is -0.458 e. The first-order valence-corrected chi connectivity index (χ1v) is 38.2. The van der Waals surface area contributed by atoms with Crippen molar-refractivity contribution in [2.24, 2.45) is 0 Å². The average Bonchev–Trinajstić information content (AvgIpc) is 0.887. The van der Waals surface area contributed by atoms with Crippen LogP contribution in [0.15, 0.2) is 307 Å². The molecule has 0 saturated carbocycles. The van der Waals surface area contributed by atoms with E-state index in [0.717, 1.165) is 101 Å². The van der Waals surface area contributed by atoms with Crippen LogP contribution in [-0.4, -0.2) is 22.2 Å². The number of aromatic nitrogens is 4. The molecule has 6 nitrogen and oxygen atoms in total. The second-order valence-corrected chi connectivity index (χ2v) is 35.2. The molecule has 2 aliphatic rings. The van der Waals surface area contributed by atoms with Gasteiger partial charge in [-0.05, 0) is 212 Å². The fraction of sp³-hybridized carbons (Fsp3) is 0.160. The lowest BCUT2D eigenvalue weighted by atomic mass is 9.62. The van der Waals surface area contributed by atoms with Crippen molar-refractivity contribution >= 4 is 83.6 Å². The minimum absolute atomic E-state index is 0.0183. The maximum Gasteiger partial charge on any atom is 0.269 e. The van der Waals surface area contributed by atoms with E-state index in [4.69, 9.17) is 18.3 Å². The van der Waals surface area contributed by atoms with E-state index in [-0.39, 0.29) is 21.8 Å². The predicted octanol–water partition coefficient (Wildman–Crippen LogP) is 22.9. The number of imidazole rings is 1. The van der Waals surface area contributed by atoms with Gasteiger partial charge < -0.3 is 9.15 Å². The Hall–Kier alpha value is -11.9. The number of ether oxygens (including phenoxy) is 1. The third-order valence-corrected chi connectivity index (χ3v) is 26.1. The SMILES string of the molecule is [2H]c1c([2H])c([2H])c([Si](c2c([2H])c([2H])c([2H])c([2H])c2[2H])(c2c([2H])c([2H])c([2H])c([2H])c2[2H])c2c([2H])c([2H])c([2H])c(-c3cc4c5c(c3)n(-c3cccc(Oc6ccc7c8ccccc8n(-c8cc(C(C)(C)C)ccn8)c7c6)c3)[c-][n+]5-c3c(-c5ccc6oc7ccccc7c6c5)cc(C(C)(C)C)cc3-c3cc5c(cc3-c3ccccc3-4)C(C)(C)CCC5(C)C)c2[2H])c([2H])c1[2H]. The molecule has 0 saturated heterocycles. The number of hydrogen-bond donors (Lipinski definition) is 0. The van der Waals surface area contributed by atoms with Gasteiger partial charge in [0.1, 0.15) is 28.5 Å². The highest BCUT2D eigenvalue weighted by Gasteiger charge is 2.43. The van der Waals surface area contributed by atoms with E-state index < -0.39 is 155 Å². The van der Waals surface area contributed by atoms with Crippen molar-refractivity contribution in [1.82, 2.24) is 14.1 Å². The molecule has 7 heteroatoms. The van der Waals surface area contributed by atoms with Crippen LogP contribution in [0.2, 0.25) is 0 Å². The molecule has 520 valence electrons. The zero-order valence-corrected chi connectivity index (χ0v) is 61.9. The summed E-state index contributed by atoms with van der Waals surface area (Å²) in [7, 11) is -6.34. The van der Waals surface area contributed by atoms with Crippen molar-refractivity contribution in [1.29, 1.82) is 0 Å². The molecule has 0 radical (unpaired) electrons. The van der Waals surface area contributed by atoms with E-state index in [9.17, 15) is 21.9 Å². The first kappa shape index (κ1) is 48.3. The first-order chi connectivity index (χ1) is 59.6. The van der Waals surface area contributed by atoms with Crippen LogP contribution in [0.1, 0.15) is 130 Å². The van der Waals surface area contributed by atoms with E-state index in [2.05, 4.69) is 145 Å². The predicted molar refractivity (Wildman–Crippen MR) is 447 cm³/mol. The molecule has 0 fully saturated rings. The van der Waals surface area contributed by atoms with E-state index >= 15 is 0 Å². The van der Waals surface area contributed by atoms with Crippen molar-refractivity contribution in [2.45, 2.75) is 104 Å². The Morgan fingerprint density at radius 2 is 1.05 bits per heavy atom. The smallest absolute Gasteiger partial charge is 0.269 e. The summed E-state index contributed by atoms with van der Waals surface area (Å²) in [6.45, 7) is 22.3. The Morgan fingerprint density at radius 1 is 0.449 bits per heavy atom. The van der Waals surface area contributed by atoms with Crippen LogP contribution in [0.5, 0.6) is 11.5 Å². The number of para-hydroxylation sites is 2. The van der Waals surface area contributed by atoms with Crippen LogP contribution in [0, 0.1) is 6.33 Å². The molecule has 17 aromatic rings. The molecule has 1 aliphatic heterocycles. The molecule has 0 atom stereocenters. The Balaban J connectivity index is 0.981. The van der Waals surface area contributed by atoms with Gasteiger partial charge in [-0.1, -0.05) is 281 Å². The van der Waals surface area contributed by atoms with Crippen LogP contribution >= 0.6 is 0 Å². The summed E-state index contributed by atoms with van der Waals surface area (Å²) in [5.41, 5.74) is 13.9. The first-order valence-electron chi connectivity index (χ1n) is 45.7. The van der Waals surface area contributed by atoms with E-state index in [1.807, 2.05) is 120 Å². The van der Waals surface area contributed by atoms with Gasteiger partial charge in [-0.15, -0.1) is 0 Å². The highest BCUT2D eigenvalue weighted by molar-refractivity contribution is 7.20. The molecule has 5 heterocycles. The van der Waals surface area contributed by atoms with Gasteiger partial charge in [-0.25, -0.2) is 4.98 Å². The molecular weight excluding hydrogens is 1320 g/mol. The Bertz CT molecular complexity index is 7420. The molecule has 19 rings (SSSR count). The van der Waals surface area contributed by atoms with Crippen molar-refractivity contribution in [2.75, 3.05) is 0 Å². The van der Waals surface area contributed by atoms with Crippen molar-refractivity contribution in [3.8, 4) is 84.3 Å². The van der Waals surface area contributed by atoms with Crippen LogP contribution in [0.25, 0.3) is 128 Å². The zero-order valence-electron chi connectivity index (χ0n) is 79.9. The molecule has 0 bridgehead atoms. The summed E-state index contributed by atoms with van der Waals surface area (Å²) in [6.07, 6.45) is 7.59. The summed E-state index contributed by atoms with van der Waals surface area (Å²) >= 11 is 0. The number of benzene rings is 13. The third-order valence-electron chi connectivity index (χ3n) is 22.1. The Kier molecular flexibility index (Phi) is 11.1. The lowest BCUT2D eigenvalue weighted by Gasteiger charge is -2.42. The number of rotatable bonds is 10. The molecule has 13 aromatic carbocycles. The van der Waals surface area contributed by atoms with Crippen LogP contribution < -0.4 is 30.1 Å². The van der Waals surface area contributed by atoms with Crippen LogP contribution in [0.4, 0.5) is 0 Å². The van der Waals surface area contributed by atoms with Crippen molar-refractivity contribution in [3.05, 3.63) is 332 Å². The maximum absolute atomic E-state index is 11.3. The Morgan fingerprint density at radius 3 is 1.74 bits per heavy atom. The van der Waals surface area contributed by atoms with Crippen LogP contribution in [-0.2, 0) is 21.7 Å². The molecule has 107 heavy (non-hydrogen) atoms. The van der Waals surface area contributed by atoms with Gasteiger partial charge in [0, 0.05) is 33.8 Å². The lowest BCUT2D eigenvalue weighted by Crippen LogP contribution is -2.74. The van der Waals surface area contributed by atoms with E-state index in [1.165, 1.54) is 5.56 Å². The fourth-order valence-electron chi connectivity index (χ4n) is 16.4. The molecule has 0 N–H and O–H groups in total. The average molecular weight is 1420 g/mol. The highest BCUT2D eigenvalue weighted by Crippen LogP contribution is 2.54. The summed E-state index contributed by atoms with van der Waals surface area (Å²) in [4.78, 5) is 4.96.